The maximum absolute atomic E-state index is 12.4. The van der Waals surface area contributed by atoms with Crippen LogP contribution in [0.1, 0.15) is 15.2 Å². The lowest BCUT2D eigenvalue weighted by Crippen LogP contribution is -2.16. The number of benzene rings is 2. The van der Waals surface area contributed by atoms with Gasteiger partial charge in [-0.05, 0) is 18.2 Å². The molecule has 0 saturated heterocycles. The van der Waals surface area contributed by atoms with Crippen molar-refractivity contribution < 1.29 is 23.9 Å². The van der Waals surface area contributed by atoms with Crippen LogP contribution >= 0.6 is 11.3 Å². The Bertz CT molecular complexity index is 1110. The van der Waals surface area contributed by atoms with Gasteiger partial charge in [-0.15, -0.1) is 11.3 Å². The SMILES string of the molecule is COc1cc(OC)c(OC)cc1/C=N\NC(=O)c1cc2cc([N+](=O)[O-])ccc2s1. The normalized spacial score (nSPS) is 10.9. The third-order valence-corrected chi connectivity index (χ3v) is 5.15. The van der Waals surface area contributed by atoms with E-state index >= 15 is 0 Å². The van der Waals surface area contributed by atoms with Crippen LogP contribution in [0.15, 0.2) is 41.5 Å². The zero-order valence-electron chi connectivity index (χ0n) is 15.8. The molecule has 1 aromatic heterocycles. The van der Waals surface area contributed by atoms with E-state index in [9.17, 15) is 14.9 Å². The first-order chi connectivity index (χ1) is 14.0. The number of hydrogen-bond acceptors (Lipinski definition) is 8. The van der Waals surface area contributed by atoms with Crippen LogP contribution < -0.4 is 19.6 Å². The van der Waals surface area contributed by atoms with Gasteiger partial charge in [0.2, 0.25) is 0 Å². The molecule has 0 aliphatic carbocycles. The third kappa shape index (κ3) is 4.27. The molecule has 150 valence electrons. The lowest BCUT2D eigenvalue weighted by molar-refractivity contribution is -0.384. The molecule has 0 fully saturated rings. The van der Waals surface area contributed by atoms with Crippen LogP contribution in [0.3, 0.4) is 0 Å². The zero-order valence-corrected chi connectivity index (χ0v) is 16.6. The minimum Gasteiger partial charge on any atom is -0.496 e. The summed E-state index contributed by atoms with van der Waals surface area (Å²) in [4.78, 5) is 23.2. The number of methoxy groups -OCH3 is 3. The first kappa shape index (κ1) is 20.1. The fourth-order valence-electron chi connectivity index (χ4n) is 2.63. The Morgan fingerprint density at radius 1 is 1.07 bits per heavy atom. The fraction of sp³-hybridized carbons (Fsp3) is 0.158. The molecule has 0 atom stereocenters. The van der Waals surface area contributed by atoms with Crippen molar-refractivity contribution in [3.63, 3.8) is 0 Å². The Kier molecular flexibility index (Phi) is 5.93. The van der Waals surface area contributed by atoms with E-state index in [2.05, 4.69) is 10.5 Å². The predicted octanol–water partition coefficient (Wildman–Crippen LogP) is 3.60. The molecule has 0 saturated carbocycles. The van der Waals surface area contributed by atoms with Crippen molar-refractivity contribution in [1.82, 2.24) is 5.43 Å². The van der Waals surface area contributed by atoms with Crippen molar-refractivity contribution in [2.45, 2.75) is 0 Å². The van der Waals surface area contributed by atoms with Gasteiger partial charge in [-0.25, -0.2) is 5.43 Å². The Hall–Kier alpha value is -3.66. The second-order valence-electron chi connectivity index (χ2n) is 5.74. The molecule has 1 N–H and O–H groups in total. The number of fused-ring (bicyclic) bond motifs is 1. The molecule has 0 aliphatic rings. The molecule has 3 aromatic rings. The molecule has 10 heteroatoms. The number of rotatable bonds is 7. The summed E-state index contributed by atoms with van der Waals surface area (Å²) in [5.74, 6) is 1.07. The first-order valence-corrected chi connectivity index (χ1v) is 9.10. The molecule has 29 heavy (non-hydrogen) atoms. The highest BCUT2D eigenvalue weighted by Gasteiger charge is 2.14. The van der Waals surface area contributed by atoms with Gasteiger partial charge in [0.1, 0.15) is 5.75 Å². The smallest absolute Gasteiger partial charge is 0.281 e. The van der Waals surface area contributed by atoms with Gasteiger partial charge in [0.05, 0.1) is 37.3 Å². The molecule has 0 radical (unpaired) electrons. The van der Waals surface area contributed by atoms with Crippen molar-refractivity contribution in [2.75, 3.05) is 21.3 Å². The highest BCUT2D eigenvalue weighted by Crippen LogP contribution is 2.34. The molecule has 0 bridgehead atoms. The van der Waals surface area contributed by atoms with E-state index < -0.39 is 10.8 Å². The highest BCUT2D eigenvalue weighted by atomic mass is 32.1. The molecule has 9 nitrogen and oxygen atoms in total. The number of hydrogen-bond donors (Lipinski definition) is 1. The largest absolute Gasteiger partial charge is 0.496 e. The number of ether oxygens (including phenoxy) is 3. The number of amides is 1. The van der Waals surface area contributed by atoms with Gasteiger partial charge in [0, 0.05) is 33.8 Å². The molecule has 0 aliphatic heterocycles. The second kappa shape index (κ2) is 8.57. The average molecular weight is 415 g/mol. The Labute approximate surface area is 169 Å². The predicted molar refractivity (Wildman–Crippen MR) is 110 cm³/mol. The van der Waals surface area contributed by atoms with Gasteiger partial charge in [0.25, 0.3) is 11.6 Å². The van der Waals surface area contributed by atoms with E-state index in [-0.39, 0.29) is 5.69 Å². The number of hydrazone groups is 1. The van der Waals surface area contributed by atoms with Gasteiger partial charge >= 0.3 is 0 Å². The van der Waals surface area contributed by atoms with Crippen LogP contribution in [0, 0.1) is 10.1 Å². The summed E-state index contributed by atoms with van der Waals surface area (Å²) in [5.41, 5.74) is 3.00. The minimum atomic E-state index is -0.475. The fourth-order valence-corrected chi connectivity index (χ4v) is 3.56. The monoisotopic (exact) mass is 415 g/mol. The Balaban J connectivity index is 1.79. The summed E-state index contributed by atoms with van der Waals surface area (Å²) >= 11 is 1.22. The molecule has 0 spiro atoms. The van der Waals surface area contributed by atoms with Crippen LogP contribution in [0.5, 0.6) is 17.2 Å². The zero-order chi connectivity index (χ0) is 21.0. The molecule has 1 amide bonds. The van der Waals surface area contributed by atoms with E-state index in [4.69, 9.17) is 14.2 Å². The first-order valence-electron chi connectivity index (χ1n) is 8.28. The quantitative estimate of drug-likeness (QED) is 0.358. The number of thiophene rings is 1. The molecule has 1 heterocycles. The number of non-ortho nitro benzene ring substituents is 1. The van der Waals surface area contributed by atoms with Crippen molar-refractivity contribution in [3.05, 3.63) is 57.0 Å². The third-order valence-electron chi connectivity index (χ3n) is 4.04. The van der Waals surface area contributed by atoms with E-state index in [0.29, 0.717) is 33.1 Å². The van der Waals surface area contributed by atoms with E-state index in [1.165, 1.54) is 51.0 Å². The summed E-state index contributed by atoms with van der Waals surface area (Å²) in [7, 11) is 4.54. The Morgan fingerprint density at radius 2 is 1.76 bits per heavy atom. The van der Waals surface area contributed by atoms with Gasteiger partial charge < -0.3 is 14.2 Å². The number of nitro groups is 1. The average Bonchev–Trinajstić information content (AvgIpc) is 3.16. The van der Waals surface area contributed by atoms with Crippen LogP contribution in [0.4, 0.5) is 5.69 Å². The van der Waals surface area contributed by atoms with Crippen LogP contribution in [0.25, 0.3) is 10.1 Å². The van der Waals surface area contributed by atoms with E-state index in [1.807, 2.05) is 0 Å². The van der Waals surface area contributed by atoms with Crippen molar-refractivity contribution in [3.8, 4) is 17.2 Å². The number of nitrogens with zero attached hydrogens (tertiary/aromatic N) is 2. The van der Waals surface area contributed by atoms with Crippen LogP contribution in [0.2, 0.25) is 0 Å². The van der Waals surface area contributed by atoms with E-state index in [1.54, 1.807) is 24.3 Å². The highest BCUT2D eigenvalue weighted by molar-refractivity contribution is 7.20. The number of carbonyl (C=O) groups is 1. The summed E-state index contributed by atoms with van der Waals surface area (Å²) in [6.45, 7) is 0. The molecule has 3 rings (SSSR count). The number of nitrogens with one attached hydrogen (secondary N) is 1. The summed E-state index contributed by atoms with van der Waals surface area (Å²) < 4.78 is 16.6. The molecular formula is C19H17N3O6S. The van der Waals surface area contributed by atoms with Gasteiger partial charge in [-0.2, -0.15) is 5.10 Å². The lowest BCUT2D eigenvalue weighted by Gasteiger charge is -2.11. The molecular weight excluding hydrogens is 398 g/mol. The van der Waals surface area contributed by atoms with Gasteiger partial charge in [-0.3, -0.25) is 14.9 Å². The summed E-state index contributed by atoms with van der Waals surface area (Å²) in [6.07, 6.45) is 1.43. The van der Waals surface area contributed by atoms with E-state index in [0.717, 1.165) is 4.70 Å². The Morgan fingerprint density at radius 3 is 2.41 bits per heavy atom. The standard InChI is InChI=1S/C19H17N3O6S/c1-26-14-9-16(28-3)15(27-2)7-12(14)10-20-21-19(23)18-8-11-6-13(22(24)25)4-5-17(11)29-18/h4-10H,1-3H3,(H,21,23)/b20-10-. The maximum atomic E-state index is 12.4. The van der Waals surface area contributed by atoms with Gasteiger partial charge in [0.15, 0.2) is 11.5 Å². The number of carbonyl (C=O) groups excluding carboxylic acids is 1. The maximum Gasteiger partial charge on any atom is 0.281 e. The van der Waals surface area contributed by atoms with Crippen molar-refractivity contribution in [1.29, 1.82) is 0 Å². The second-order valence-corrected chi connectivity index (χ2v) is 6.82. The summed E-state index contributed by atoms with van der Waals surface area (Å²) in [6, 6.07) is 9.37. The van der Waals surface area contributed by atoms with Crippen molar-refractivity contribution >= 4 is 39.2 Å². The molecule has 2 aromatic carbocycles. The minimum absolute atomic E-state index is 0.0270. The lowest BCUT2D eigenvalue weighted by atomic mass is 10.2. The number of nitro benzene ring substituents is 1. The van der Waals surface area contributed by atoms with Crippen molar-refractivity contribution in [2.24, 2.45) is 5.10 Å². The van der Waals surface area contributed by atoms with Crippen LogP contribution in [-0.2, 0) is 0 Å². The summed E-state index contributed by atoms with van der Waals surface area (Å²) in [5, 5.41) is 15.5. The van der Waals surface area contributed by atoms with Crippen LogP contribution in [-0.4, -0.2) is 38.4 Å². The molecule has 0 unspecified atom stereocenters. The topological polar surface area (TPSA) is 112 Å². The van der Waals surface area contributed by atoms with Gasteiger partial charge in [-0.1, -0.05) is 0 Å².